The Balaban J connectivity index is 2.04. The number of nitrogens with zero attached hydrogens (tertiary/aromatic N) is 1. The Labute approximate surface area is 176 Å². The highest BCUT2D eigenvalue weighted by atomic mass is 32.1. The molecule has 0 atom stereocenters. The summed E-state index contributed by atoms with van der Waals surface area (Å²) in [4.78, 5) is 25.6. The molecule has 0 saturated carbocycles. The van der Waals surface area contributed by atoms with E-state index in [1.165, 1.54) is 94.8 Å². The van der Waals surface area contributed by atoms with E-state index in [2.05, 4.69) is 6.92 Å². The van der Waals surface area contributed by atoms with Crippen molar-refractivity contribution in [1.29, 1.82) is 0 Å². The number of anilines is 1. The number of hydrogen-bond donors (Lipinski definition) is 0. The van der Waals surface area contributed by atoms with Crippen molar-refractivity contribution in [2.75, 3.05) is 11.4 Å². The monoisotopic (exact) mass is 407 g/mol. The van der Waals surface area contributed by atoms with Crippen LogP contribution >= 0.6 is 11.3 Å². The molecule has 3 nitrogen and oxygen atoms in total. The summed E-state index contributed by atoms with van der Waals surface area (Å²) in [6, 6.07) is 3.69. The predicted octanol–water partition coefficient (Wildman–Crippen LogP) is 7.78. The molecule has 0 aliphatic carbocycles. The zero-order chi connectivity index (χ0) is 20.5. The molecule has 1 heterocycles. The van der Waals surface area contributed by atoms with Crippen LogP contribution in [0.3, 0.4) is 0 Å². The average Bonchev–Trinajstić information content (AvgIpc) is 3.19. The van der Waals surface area contributed by atoms with E-state index in [1.54, 1.807) is 6.07 Å². The van der Waals surface area contributed by atoms with Gasteiger partial charge in [-0.15, -0.1) is 11.3 Å². The van der Waals surface area contributed by atoms with Gasteiger partial charge in [0.05, 0.1) is 9.88 Å². The number of carbonyl (C=O) groups excluding carboxylic acids is 2. The number of rotatable bonds is 18. The first kappa shape index (κ1) is 24.9. The third kappa shape index (κ3) is 11.0. The van der Waals surface area contributed by atoms with Crippen LogP contribution < -0.4 is 4.90 Å². The fraction of sp³-hybridized carbons (Fsp3) is 0.750. The standard InChI is InChI=1S/C24H41NO2S/c1-3-5-6-7-8-9-10-11-12-13-14-15-16-17-20-25(23(27)4-2)24-19-18-22(21-26)28-24/h18-19,21H,3-17,20H2,1-2H3. The Hall–Kier alpha value is -1.16. The SMILES string of the molecule is CCCCCCCCCCCCCCCCN(C(=O)CC)c1ccc(C=O)s1. The second-order valence-corrected chi connectivity index (χ2v) is 8.88. The topological polar surface area (TPSA) is 37.4 Å². The minimum atomic E-state index is 0.147. The van der Waals surface area contributed by atoms with E-state index < -0.39 is 0 Å². The van der Waals surface area contributed by atoms with E-state index in [4.69, 9.17) is 0 Å². The molecule has 160 valence electrons. The molecule has 0 radical (unpaired) electrons. The molecule has 0 aromatic carbocycles. The lowest BCUT2D eigenvalue weighted by atomic mass is 10.0. The second kappa shape index (κ2) is 16.8. The lowest BCUT2D eigenvalue weighted by Crippen LogP contribution is -2.30. The van der Waals surface area contributed by atoms with Crippen LogP contribution in [-0.2, 0) is 4.79 Å². The first-order chi connectivity index (χ1) is 13.7. The van der Waals surface area contributed by atoms with Crippen LogP contribution in [0.1, 0.15) is 120 Å². The van der Waals surface area contributed by atoms with E-state index in [1.807, 2.05) is 17.9 Å². The molecule has 0 N–H and O–H groups in total. The van der Waals surface area contributed by atoms with Gasteiger partial charge in [0.15, 0.2) is 6.29 Å². The van der Waals surface area contributed by atoms with Crippen LogP contribution in [0, 0.1) is 0 Å². The largest absolute Gasteiger partial charge is 0.304 e. The maximum atomic E-state index is 12.2. The number of carbonyl (C=O) groups is 2. The maximum absolute atomic E-state index is 12.2. The molecule has 0 fully saturated rings. The van der Waals surface area contributed by atoms with Gasteiger partial charge in [-0.3, -0.25) is 9.59 Å². The van der Waals surface area contributed by atoms with E-state index in [0.717, 1.165) is 24.3 Å². The molecule has 0 aliphatic rings. The third-order valence-corrected chi connectivity index (χ3v) is 6.37. The Bertz CT molecular complexity index is 526. The smallest absolute Gasteiger partial charge is 0.227 e. The normalized spacial score (nSPS) is 10.9. The molecule has 1 rings (SSSR count). The fourth-order valence-corrected chi connectivity index (χ4v) is 4.43. The van der Waals surface area contributed by atoms with Crippen molar-refractivity contribution in [3.63, 3.8) is 0 Å². The molecule has 0 spiro atoms. The van der Waals surface area contributed by atoms with E-state index in [-0.39, 0.29) is 5.91 Å². The van der Waals surface area contributed by atoms with Gasteiger partial charge in [-0.2, -0.15) is 0 Å². The number of thiophene rings is 1. The summed E-state index contributed by atoms with van der Waals surface area (Å²) in [5, 5.41) is 0.906. The second-order valence-electron chi connectivity index (χ2n) is 7.79. The van der Waals surface area contributed by atoms with Crippen molar-refractivity contribution in [2.45, 2.75) is 110 Å². The van der Waals surface area contributed by atoms with E-state index >= 15 is 0 Å². The van der Waals surface area contributed by atoms with Crippen LogP contribution in [0.2, 0.25) is 0 Å². The predicted molar refractivity (Wildman–Crippen MR) is 123 cm³/mol. The molecule has 1 aromatic rings. The van der Waals surface area contributed by atoms with Gasteiger partial charge in [-0.25, -0.2) is 0 Å². The fourth-order valence-electron chi connectivity index (χ4n) is 3.56. The first-order valence-corrected chi connectivity index (χ1v) is 12.4. The molecule has 0 saturated heterocycles. The molecule has 0 bridgehead atoms. The average molecular weight is 408 g/mol. The number of unbranched alkanes of at least 4 members (excludes halogenated alkanes) is 13. The lowest BCUT2D eigenvalue weighted by Gasteiger charge is -2.20. The summed E-state index contributed by atoms with van der Waals surface area (Å²) in [5.74, 6) is 0.147. The zero-order valence-corrected chi connectivity index (χ0v) is 19.0. The Morgan fingerprint density at radius 2 is 1.32 bits per heavy atom. The summed E-state index contributed by atoms with van der Waals surface area (Å²) < 4.78 is 0. The van der Waals surface area contributed by atoms with Crippen molar-refractivity contribution >= 4 is 28.5 Å². The Morgan fingerprint density at radius 1 is 0.821 bits per heavy atom. The van der Waals surface area contributed by atoms with Gasteiger partial charge in [0.2, 0.25) is 5.91 Å². The van der Waals surface area contributed by atoms with E-state index in [0.29, 0.717) is 11.3 Å². The van der Waals surface area contributed by atoms with Crippen LogP contribution in [0.25, 0.3) is 0 Å². The number of aldehydes is 1. The summed E-state index contributed by atoms with van der Waals surface area (Å²) in [6.45, 7) is 4.94. The lowest BCUT2D eigenvalue weighted by molar-refractivity contribution is -0.118. The molecule has 1 aromatic heterocycles. The van der Waals surface area contributed by atoms with Crippen LogP contribution in [0.4, 0.5) is 5.00 Å². The summed E-state index contributed by atoms with van der Waals surface area (Å²) in [7, 11) is 0. The molecule has 4 heteroatoms. The van der Waals surface area contributed by atoms with Crippen molar-refractivity contribution in [1.82, 2.24) is 0 Å². The first-order valence-electron chi connectivity index (χ1n) is 11.6. The maximum Gasteiger partial charge on any atom is 0.227 e. The zero-order valence-electron chi connectivity index (χ0n) is 18.2. The summed E-state index contributed by atoms with van der Waals surface area (Å²) in [5.41, 5.74) is 0. The summed E-state index contributed by atoms with van der Waals surface area (Å²) in [6.07, 6.45) is 20.1. The highest BCUT2D eigenvalue weighted by molar-refractivity contribution is 7.17. The Morgan fingerprint density at radius 3 is 1.75 bits per heavy atom. The molecule has 1 amide bonds. The molecule has 0 aliphatic heterocycles. The number of amides is 1. The van der Waals surface area contributed by atoms with Gasteiger partial charge in [0.1, 0.15) is 0 Å². The quantitative estimate of drug-likeness (QED) is 0.184. The van der Waals surface area contributed by atoms with E-state index in [9.17, 15) is 9.59 Å². The van der Waals surface area contributed by atoms with Crippen molar-refractivity contribution < 1.29 is 9.59 Å². The van der Waals surface area contributed by atoms with Crippen LogP contribution in [-0.4, -0.2) is 18.7 Å². The van der Waals surface area contributed by atoms with Crippen molar-refractivity contribution in [3.8, 4) is 0 Å². The molecular weight excluding hydrogens is 366 g/mol. The molecule has 28 heavy (non-hydrogen) atoms. The molecule has 0 unspecified atom stereocenters. The van der Waals surface area contributed by atoms with Crippen LogP contribution in [0.5, 0.6) is 0 Å². The highest BCUT2D eigenvalue weighted by Crippen LogP contribution is 2.26. The van der Waals surface area contributed by atoms with Crippen molar-refractivity contribution in [2.24, 2.45) is 0 Å². The van der Waals surface area contributed by atoms with Gasteiger partial charge in [-0.1, -0.05) is 97.3 Å². The highest BCUT2D eigenvalue weighted by Gasteiger charge is 2.15. The minimum Gasteiger partial charge on any atom is -0.304 e. The van der Waals surface area contributed by atoms with Gasteiger partial charge < -0.3 is 4.90 Å². The summed E-state index contributed by atoms with van der Waals surface area (Å²) >= 11 is 1.41. The van der Waals surface area contributed by atoms with Gasteiger partial charge >= 0.3 is 0 Å². The molecular formula is C24H41NO2S. The van der Waals surface area contributed by atoms with Gasteiger partial charge in [-0.05, 0) is 18.6 Å². The van der Waals surface area contributed by atoms with Gasteiger partial charge in [0.25, 0.3) is 0 Å². The van der Waals surface area contributed by atoms with Crippen LogP contribution in [0.15, 0.2) is 12.1 Å². The number of hydrogen-bond acceptors (Lipinski definition) is 3. The Kier molecular flexibility index (Phi) is 14.9. The van der Waals surface area contributed by atoms with Gasteiger partial charge in [0, 0.05) is 13.0 Å². The third-order valence-electron chi connectivity index (χ3n) is 5.33. The minimum absolute atomic E-state index is 0.147. The van der Waals surface area contributed by atoms with Crippen molar-refractivity contribution in [3.05, 3.63) is 17.0 Å².